The van der Waals surface area contributed by atoms with Gasteiger partial charge in [-0.2, -0.15) is 0 Å². The van der Waals surface area contributed by atoms with Crippen molar-refractivity contribution in [2.45, 2.75) is 25.7 Å². The molecule has 1 atom stereocenters. The quantitative estimate of drug-likeness (QED) is 0.774. The summed E-state index contributed by atoms with van der Waals surface area (Å²) in [5, 5.41) is 9.33. The third kappa shape index (κ3) is 1.29. The zero-order valence-corrected chi connectivity index (χ0v) is 9.15. The Balaban J connectivity index is 2.61. The Labute approximate surface area is 91.9 Å². The summed E-state index contributed by atoms with van der Waals surface area (Å²) >= 11 is 0. The van der Waals surface area contributed by atoms with Crippen molar-refractivity contribution in [1.29, 1.82) is 0 Å². The van der Waals surface area contributed by atoms with E-state index < -0.39 is 28.3 Å². The fourth-order valence-corrected chi connectivity index (χ4v) is 2.45. The van der Waals surface area contributed by atoms with Crippen LogP contribution in [0.15, 0.2) is 12.1 Å². The third-order valence-electron chi connectivity index (χ3n) is 3.71. The highest BCUT2D eigenvalue weighted by Gasteiger charge is 2.63. The Morgan fingerprint density at radius 1 is 1.19 bits per heavy atom. The monoisotopic (exact) mass is 230 g/mol. The van der Waals surface area contributed by atoms with Gasteiger partial charge in [-0.05, 0) is 24.0 Å². The van der Waals surface area contributed by atoms with Gasteiger partial charge in [0.1, 0.15) is 5.82 Å². The molecule has 16 heavy (non-hydrogen) atoms. The van der Waals surface area contributed by atoms with Crippen LogP contribution in [0.1, 0.15) is 25.8 Å². The minimum atomic E-state index is -1.18. The van der Waals surface area contributed by atoms with Crippen molar-refractivity contribution in [3.05, 3.63) is 35.1 Å². The van der Waals surface area contributed by atoms with E-state index in [1.807, 2.05) is 0 Å². The van der Waals surface area contributed by atoms with Gasteiger partial charge in [-0.25, -0.2) is 13.2 Å². The minimum Gasteiger partial charge on any atom is -0.395 e. The van der Waals surface area contributed by atoms with Crippen LogP contribution in [0.25, 0.3) is 0 Å². The molecule has 0 amide bonds. The van der Waals surface area contributed by atoms with E-state index in [1.165, 1.54) is 0 Å². The van der Waals surface area contributed by atoms with Gasteiger partial charge in [-0.3, -0.25) is 0 Å². The van der Waals surface area contributed by atoms with Crippen molar-refractivity contribution in [3.63, 3.8) is 0 Å². The van der Waals surface area contributed by atoms with E-state index in [2.05, 4.69) is 0 Å². The lowest BCUT2D eigenvalue weighted by molar-refractivity contribution is 0.223. The van der Waals surface area contributed by atoms with Crippen LogP contribution in [0.4, 0.5) is 13.2 Å². The molecule has 1 N–H and O–H groups in total. The number of benzene rings is 1. The van der Waals surface area contributed by atoms with Gasteiger partial charge in [0.2, 0.25) is 0 Å². The normalized spacial score (nSPS) is 26.9. The van der Waals surface area contributed by atoms with E-state index in [-0.39, 0.29) is 12.2 Å². The standard InChI is InChI=1S/C12H13F3O/c1-11(2)5-12(11,6-16)9-7(13)3-4-8(14)10(9)15/h3-4,16H,5-6H2,1-2H3. The second-order valence-electron chi connectivity index (χ2n) is 5.02. The van der Waals surface area contributed by atoms with Crippen LogP contribution in [0, 0.1) is 22.9 Å². The van der Waals surface area contributed by atoms with E-state index in [0.29, 0.717) is 6.42 Å². The van der Waals surface area contributed by atoms with Crippen molar-refractivity contribution in [3.8, 4) is 0 Å². The highest BCUT2D eigenvalue weighted by Crippen LogP contribution is 2.64. The molecular formula is C12H13F3O. The topological polar surface area (TPSA) is 20.2 Å². The van der Waals surface area contributed by atoms with Gasteiger partial charge in [-0.15, -0.1) is 0 Å². The van der Waals surface area contributed by atoms with Crippen LogP contribution in [-0.2, 0) is 5.41 Å². The second-order valence-corrected chi connectivity index (χ2v) is 5.02. The first kappa shape index (κ1) is 11.5. The maximum absolute atomic E-state index is 13.6. The molecule has 0 spiro atoms. The zero-order valence-electron chi connectivity index (χ0n) is 9.15. The molecule has 1 aliphatic rings. The lowest BCUT2D eigenvalue weighted by atomic mass is 9.88. The number of aliphatic hydroxyl groups is 1. The van der Waals surface area contributed by atoms with Crippen molar-refractivity contribution in [2.24, 2.45) is 5.41 Å². The number of aliphatic hydroxyl groups excluding tert-OH is 1. The summed E-state index contributed by atoms with van der Waals surface area (Å²) in [5.74, 6) is -3.05. The largest absolute Gasteiger partial charge is 0.395 e. The van der Waals surface area contributed by atoms with E-state index in [0.717, 1.165) is 12.1 Å². The predicted molar refractivity (Wildman–Crippen MR) is 53.5 cm³/mol. The lowest BCUT2D eigenvalue weighted by Crippen LogP contribution is -2.23. The molecule has 1 unspecified atom stereocenters. The Morgan fingerprint density at radius 3 is 2.12 bits per heavy atom. The molecule has 0 aliphatic heterocycles. The maximum Gasteiger partial charge on any atom is 0.165 e. The third-order valence-corrected chi connectivity index (χ3v) is 3.71. The highest BCUT2D eigenvalue weighted by atomic mass is 19.2. The molecule has 0 bridgehead atoms. The first-order valence-electron chi connectivity index (χ1n) is 5.10. The molecule has 1 aromatic rings. The van der Waals surface area contributed by atoms with Gasteiger partial charge in [0.15, 0.2) is 11.6 Å². The fraction of sp³-hybridized carbons (Fsp3) is 0.500. The maximum atomic E-state index is 13.6. The molecule has 1 aliphatic carbocycles. The van der Waals surface area contributed by atoms with Crippen LogP contribution < -0.4 is 0 Å². The summed E-state index contributed by atoms with van der Waals surface area (Å²) in [6, 6.07) is 1.66. The molecule has 4 heteroatoms. The van der Waals surface area contributed by atoms with E-state index in [4.69, 9.17) is 0 Å². The van der Waals surface area contributed by atoms with Crippen LogP contribution in [0.2, 0.25) is 0 Å². The van der Waals surface area contributed by atoms with Crippen molar-refractivity contribution in [1.82, 2.24) is 0 Å². The molecule has 0 heterocycles. The lowest BCUT2D eigenvalue weighted by Gasteiger charge is -2.19. The van der Waals surface area contributed by atoms with Crippen molar-refractivity contribution >= 4 is 0 Å². The average molecular weight is 230 g/mol. The highest BCUT2D eigenvalue weighted by molar-refractivity contribution is 5.39. The second kappa shape index (κ2) is 3.23. The van der Waals surface area contributed by atoms with Gasteiger partial charge in [0.25, 0.3) is 0 Å². The molecule has 1 saturated carbocycles. The Bertz CT molecular complexity index is 442. The van der Waals surface area contributed by atoms with Crippen molar-refractivity contribution < 1.29 is 18.3 Å². The Morgan fingerprint density at radius 2 is 1.69 bits per heavy atom. The molecule has 0 radical (unpaired) electrons. The summed E-state index contributed by atoms with van der Waals surface area (Å²) < 4.78 is 40.3. The van der Waals surface area contributed by atoms with Crippen LogP contribution >= 0.6 is 0 Å². The summed E-state index contributed by atoms with van der Waals surface area (Å²) in [6.45, 7) is 3.22. The number of hydrogen-bond donors (Lipinski definition) is 1. The van der Waals surface area contributed by atoms with Crippen LogP contribution in [0.5, 0.6) is 0 Å². The SMILES string of the molecule is CC1(C)CC1(CO)c1c(F)ccc(F)c1F. The fourth-order valence-electron chi connectivity index (χ4n) is 2.45. The Hall–Kier alpha value is -1.03. The van der Waals surface area contributed by atoms with Crippen molar-refractivity contribution in [2.75, 3.05) is 6.61 Å². The molecule has 1 nitrogen and oxygen atoms in total. The number of halogens is 3. The van der Waals surface area contributed by atoms with Gasteiger partial charge < -0.3 is 5.11 Å². The Kier molecular flexibility index (Phi) is 2.31. The van der Waals surface area contributed by atoms with E-state index in [9.17, 15) is 18.3 Å². The summed E-state index contributed by atoms with van der Waals surface area (Å²) in [6.07, 6.45) is 0.452. The van der Waals surface area contributed by atoms with Gasteiger partial charge in [0, 0.05) is 11.0 Å². The molecule has 1 fully saturated rings. The van der Waals surface area contributed by atoms with Gasteiger partial charge >= 0.3 is 0 Å². The number of hydrogen-bond acceptors (Lipinski definition) is 1. The molecule has 2 rings (SSSR count). The van der Waals surface area contributed by atoms with E-state index >= 15 is 0 Å². The number of rotatable bonds is 2. The summed E-state index contributed by atoms with van der Waals surface area (Å²) in [4.78, 5) is 0. The molecule has 0 aromatic heterocycles. The first-order valence-corrected chi connectivity index (χ1v) is 5.10. The molecular weight excluding hydrogens is 217 g/mol. The zero-order chi connectivity index (χ0) is 12.1. The van der Waals surface area contributed by atoms with Crippen LogP contribution in [0.3, 0.4) is 0 Å². The minimum absolute atomic E-state index is 0.319. The first-order chi connectivity index (χ1) is 7.35. The van der Waals surface area contributed by atoms with Crippen LogP contribution in [-0.4, -0.2) is 11.7 Å². The summed E-state index contributed by atoms with van der Waals surface area (Å²) in [5.41, 5.74) is -1.71. The smallest absolute Gasteiger partial charge is 0.165 e. The molecule has 88 valence electrons. The van der Waals surface area contributed by atoms with Gasteiger partial charge in [-0.1, -0.05) is 13.8 Å². The molecule has 0 saturated heterocycles. The predicted octanol–water partition coefficient (Wildman–Crippen LogP) is 2.76. The average Bonchev–Trinajstić information content (AvgIpc) is 2.77. The summed E-state index contributed by atoms with van der Waals surface area (Å²) in [7, 11) is 0. The van der Waals surface area contributed by atoms with Gasteiger partial charge in [0.05, 0.1) is 6.61 Å². The molecule has 1 aromatic carbocycles. The van der Waals surface area contributed by atoms with E-state index in [1.54, 1.807) is 13.8 Å².